The normalized spacial score (nSPS) is 11.3. The van der Waals surface area contributed by atoms with Crippen molar-refractivity contribution in [2.75, 3.05) is 6.54 Å². The van der Waals surface area contributed by atoms with Crippen LogP contribution in [0.4, 0.5) is 0 Å². The average molecular weight is 245 g/mol. The molecule has 0 radical (unpaired) electrons. The number of benzene rings is 1. The van der Waals surface area contributed by atoms with Crippen molar-refractivity contribution in [1.29, 1.82) is 0 Å². The highest BCUT2D eigenvalue weighted by Crippen LogP contribution is 2.06. The predicted molar refractivity (Wildman–Crippen MR) is 77.2 cm³/mol. The Morgan fingerprint density at radius 2 is 1.89 bits per heavy atom. The molecule has 0 fully saturated rings. The van der Waals surface area contributed by atoms with Gasteiger partial charge in [0.15, 0.2) is 0 Å². The molecule has 0 unspecified atom stereocenters. The summed E-state index contributed by atoms with van der Waals surface area (Å²) in [6.45, 7) is 4.82. The van der Waals surface area contributed by atoms with Gasteiger partial charge in [-0.25, -0.2) is 0 Å². The molecule has 0 aliphatic rings. The number of amides is 1. The van der Waals surface area contributed by atoms with Crippen molar-refractivity contribution in [2.45, 2.75) is 39.5 Å². The van der Waals surface area contributed by atoms with Crippen molar-refractivity contribution in [1.82, 2.24) is 5.32 Å². The predicted octanol–water partition coefficient (Wildman–Crippen LogP) is 3.79. The van der Waals surface area contributed by atoms with E-state index in [9.17, 15) is 4.79 Å². The van der Waals surface area contributed by atoms with Crippen molar-refractivity contribution in [3.8, 4) is 0 Å². The quantitative estimate of drug-likeness (QED) is 0.575. The molecule has 1 rings (SSSR count). The first-order valence-electron chi connectivity index (χ1n) is 6.75. The lowest BCUT2D eigenvalue weighted by Gasteiger charge is -2.05. The van der Waals surface area contributed by atoms with Crippen molar-refractivity contribution in [3.05, 3.63) is 41.5 Å². The third-order valence-corrected chi connectivity index (χ3v) is 2.86. The number of hydrogen-bond donors (Lipinski definition) is 1. The minimum atomic E-state index is 0.0374. The van der Waals surface area contributed by atoms with Crippen molar-refractivity contribution >= 4 is 12.0 Å². The van der Waals surface area contributed by atoms with Crippen LogP contribution in [0.2, 0.25) is 0 Å². The van der Waals surface area contributed by atoms with E-state index in [1.54, 1.807) is 0 Å². The van der Waals surface area contributed by atoms with Gasteiger partial charge in [0.2, 0.25) is 5.91 Å². The highest BCUT2D eigenvalue weighted by Gasteiger charge is 2.02. The summed E-state index contributed by atoms with van der Waals surface area (Å²) >= 11 is 0. The fraction of sp³-hybridized carbons (Fsp3) is 0.438. The Labute approximate surface area is 110 Å². The second-order valence-corrected chi connectivity index (χ2v) is 4.55. The SMILES string of the molecule is CCCCCCNC(=O)C(C)=Cc1ccccc1. The van der Waals surface area contributed by atoms with Gasteiger partial charge >= 0.3 is 0 Å². The number of hydrogen-bond acceptors (Lipinski definition) is 1. The van der Waals surface area contributed by atoms with Crippen LogP contribution in [0.5, 0.6) is 0 Å². The molecule has 1 aromatic carbocycles. The molecule has 0 aromatic heterocycles. The molecule has 0 spiro atoms. The van der Waals surface area contributed by atoms with Crippen LogP contribution in [-0.4, -0.2) is 12.5 Å². The van der Waals surface area contributed by atoms with E-state index in [4.69, 9.17) is 0 Å². The molecule has 98 valence electrons. The Hall–Kier alpha value is -1.57. The van der Waals surface area contributed by atoms with Gasteiger partial charge in [0.05, 0.1) is 0 Å². The summed E-state index contributed by atoms with van der Waals surface area (Å²) in [6.07, 6.45) is 6.65. The maximum Gasteiger partial charge on any atom is 0.246 e. The largest absolute Gasteiger partial charge is 0.352 e. The van der Waals surface area contributed by atoms with Gasteiger partial charge < -0.3 is 5.32 Å². The Balaban J connectivity index is 2.35. The van der Waals surface area contributed by atoms with E-state index in [0.29, 0.717) is 0 Å². The van der Waals surface area contributed by atoms with E-state index >= 15 is 0 Å². The van der Waals surface area contributed by atoms with Crippen molar-refractivity contribution < 1.29 is 4.79 Å². The highest BCUT2D eigenvalue weighted by molar-refractivity contribution is 5.97. The lowest BCUT2D eigenvalue weighted by molar-refractivity contribution is -0.117. The fourth-order valence-corrected chi connectivity index (χ4v) is 1.76. The third kappa shape index (κ3) is 5.67. The second-order valence-electron chi connectivity index (χ2n) is 4.55. The molecule has 0 bridgehead atoms. The van der Waals surface area contributed by atoms with Crippen LogP contribution in [0.25, 0.3) is 6.08 Å². The second kappa shape index (κ2) is 8.51. The van der Waals surface area contributed by atoms with Crippen LogP contribution in [0.15, 0.2) is 35.9 Å². The molecule has 0 aliphatic heterocycles. The average Bonchev–Trinajstić information content (AvgIpc) is 2.39. The molecule has 18 heavy (non-hydrogen) atoms. The van der Waals surface area contributed by atoms with Crippen LogP contribution in [0.3, 0.4) is 0 Å². The summed E-state index contributed by atoms with van der Waals surface area (Å²) in [5.74, 6) is 0.0374. The Bertz CT molecular complexity index is 381. The van der Waals surface area contributed by atoms with E-state index in [2.05, 4.69) is 12.2 Å². The molecule has 2 heteroatoms. The number of nitrogens with one attached hydrogen (secondary N) is 1. The Kier molecular flexibility index (Phi) is 6.85. The summed E-state index contributed by atoms with van der Waals surface area (Å²) < 4.78 is 0. The van der Waals surface area contributed by atoms with E-state index < -0.39 is 0 Å². The van der Waals surface area contributed by atoms with Gasteiger partial charge in [-0.1, -0.05) is 56.5 Å². The van der Waals surface area contributed by atoms with Gasteiger partial charge in [0.25, 0.3) is 0 Å². The summed E-state index contributed by atoms with van der Waals surface area (Å²) in [5.41, 5.74) is 1.83. The number of carbonyl (C=O) groups is 1. The molecular weight excluding hydrogens is 222 g/mol. The third-order valence-electron chi connectivity index (χ3n) is 2.86. The number of rotatable bonds is 7. The van der Waals surface area contributed by atoms with E-state index in [1.807, 2.05) is 43.3 Å². The van der Waals surface area contributed by atoms with Gasteiger partial charge in [-0.3, -0.25) is 4.79 Å². The molecule has 1 amide bonds. The summed E-state index contributed by atoms with van der Waals surface area (Å²) in [6, 6.07) is 9.92. The topological polar surface area (TPSA) is 29.1 Å². The minimum Gasteiger partial charge on any atom is -0.352 e. The van der Waals surface area contributed by atoms with Crippen molar-refractivity contribution in [2.24, 2.45) is 0 Å². The maximum absolute atomic E-state index is 11.8. The fourth-order valence-electron chi connectivity index (χ4n) is 1.76. The number of carbonyl (C=O) groups excluding carboxylic acids is 1. The summed E-state index contributed by atoms with van der Waals surface area (Å²) in [4.78, 5) is 11.8. The van der Waals surface area contributed by atoms with E-state index in [0.717, 1.165) is 24.1 Å². The molecule has 0 heterocycles. The zero-order valence-electron chi connectivity index (χ0n) is 11.4. The first-order chi connectivity index (χ1) is 8.74. The first-order valence-corrected chi connectivity index (χ1v) is 6.75. The zero-order chi connectivity index (χ0) is 13.2. The molecule has 0 saturated heterocycles. The van der Waals surface area contributed by atoms with E-state index in [1.165, 1.54) is 19.3 Å². The van der Waals surface area contributed by atoms with E-state index in [-0.39, 0.29) is 5.91 Å². The molecule has 1 aromatic rings. The van der Waals surface area contributed by atoms with Gasteiger partial charge in [0, 0.05) is 12.1 Å². The van der Waals surface area contributed by atoms with Gasteiger partial charge in [-0.15, -0.1) is 0 Å². The molecule has 0 atom stereocenters. The number of unbranched alkanes of at least 4 members (excludes halogenated alkanes) is 3. The summed E-state index contributed by atoms with van der Waals surface area (Å²) in [5, 5.41) is 2.95. The van der Waals surface area contributed by atoms with Crippen LogP contribution in [0, 0.1) is 0 Å². The smallest absolute Gasteiger partial charge is 0.246 e. The Morgan fingerprint density at radius 1 is 1.17 bits per heavy atom. The maximum atomic E-state index is 11.8. The van der Waals surface area contributed by atoms with Crippen molar-refractivity contribution in [3.63, 3.8) is 0 Å². The summed E-state index contributed by atoms with van der Waals surface area (Å²) in [7, 11) is 0. The first kappa shape index (κ1) is 14.5. The standard InChI is InChI=1S/C16H23NO/c1-3-4-5-9-12-17-16(18)14(2)13-15-10-7-6-8-11-15/h6-8,10-11,13H,3-5,9,12H2,1-2H3,(H,17,18). The van der Waals surface area contributed by atoms with Crippen LogP contribution >= 0.6 is 0 Å². The van der Waals surface area contributed by atoms with Gasteiger partial charge in [-0.2, -0.15) is 0 Å². The molecule has 0 aliphatic carbocycles. The lowest BCUT2D eigenvalue weighted by Crippen LogP contribution is -2.24. The van der Waals surface area contributed by atoms with Crippen LogP contribution < -0.4 is 5.32 Å². The minimum absolute atomic E-state index is 0.0374. The lowest BCUT2D eigenvalue weighted by atomic mass is 10.1. The monoisotopic (exact) mass is 245 g/mol. The van der Waals surface area contributed by atoms with Crippen LogP contribution in [0.1, 0.15) is 45.1 Å². The zero-order valence-corrected chi connectivity index (χ0v) is 11.4. The Morgan fingerprint density at radius 3 is 2.56 bits per heavy atom. The van der Waals surface area contributed by atoms with Gasteiger partial charge in [0.1, 0.15) is 0 Å². The van der Waals surface area contributed by atoms with Gasteiger partial charge in [-0.05, 0) is 25.0 Å². The van der Waals surface area contributed by atoms with Crippen LogP contribution in [-0.2, 0) is 4.79 Å². The molecule has 1 N–H and O–H groups in total. The molecule has 0 saturated carbocycles. The molecule has 2 nitrogen and oxygen atoms in total. The molecular formula is C16H23NO. The highest BCUT2D eigenvalue weighted by atomic mass is 16.1.